The largest absolute Gasteiger partial charge is 0.748 e. The van der Waals surface area contributed by atoms with Crippen LogP contribution in [-0.2, 0) is 19.6 Å². The van der Waals surface area contributed by atoms with Gasteiger partial charge >= 0.3 is 5.97 Å². The van der Waals surface area contributed by atoms with E-state index in [-0.39, 0.29) is 23.7 Å². The number of nitrogens with one attached hydrogen (secondary N) is 1. The molecule has 0 amide bonds. The maximum absolute atomic E-state index is 11.4. The molecule has 0 aliphatic rings. The first-order valence-electron chi connectivity index (χ1n) is 8.67. The van der Waals surface area contributed by atoms with Crippen LogP contribution in [0.4, 0.5) is 0 Å². The second kappa shape index (κ2) is 11.6. The molecule has 6 nitrogen and oxygen atoms in total. The summed E-state index contributed by atoms with van der Waals surface area (Å²) in [5, 5.41) is 0. The van der Waals surface area contributed by atoms with Crippen LogP contribution in [0, 0.1) is 5.92 Å². The summed E-state index contributed by atoms with van der Waals surface area (Å²) < 4.78 is 37.6. The predicted octanol–water partition coefficient (Wildman–Crippen LogP) is 1.14. The second-order valence-corrected chi connectivity index (χ2v) is 8.26. The minimum Gasteiger partial charge on any atom is -0.748 e. The number of hydrogen-bond acceptors (Lipinski definition) is 5. The zero-order chi connectivity index (χ0) is 18.8. The lowest BCUT2D eigenvalue weighted by Gasteiger charge is -2.27. The summed E-state index contributed by atoms with van der Waals surface area (Å²) in [5.74, 6) is -0.457. The van der Waals surface area contributed by atoms with Gasteiger partial charge in [-0.15, -0.1) is 0 Å². The number of ether oxygens (including phenoxy) is 1. The lowest BCUT2D eigenvalue weighted by atomic mass is 10.1. The molecule has 0 spiro atoms. The molecule has 0 saturated carbocycles. The van der Waals surface area contributed by atoms with E-state index in [0.29, 0.717) is 18.6 Å². The number of rotatable bonds is 13. The summed E-state index contributed by atoms with van der Waals surface area (Å²) in [5.41, 5.74) is 0.393. The summed E-state index contributed by atoms with van der Waals surface area (Å²) >= 11 is 0. The van der Waals surface area contributed by atoms with Crippen molar-refractivity contribution in [3.63, 3.8) is 0 Å². The smallest absolute Gasteiger partial charge is 0.333 e. The van der Waals surface area contributed by atoms with Crippen molar-refractivity contribution in [1.29, 1.82) is 0 Å². The fourth-order valence-corrected chi connectivity index (χ4v) is 3.05. The van der Waals surface area contributed by atoms with Crippen molar-refractivity contribution < 1.29 is 27.4 Å². The predicted molar refractivity (Wildman–Crippen MR) is 93.8 cm³/mol. The maximum atomic E-state index is 11.4. The molecular formula is C17H33NO5S. The molecule has 0 aliphatic heterocycles. The molecule has 142 valence electrons. The summed E-state index contributed by atoms with van der Waals surface area (Å²) in [6, 6.07) is 0.116. The molecule has 0 bridgehead atoms. The van der Waals surface area contributed by atoms with E-state index in [1.54, 1.807) is 6.92 Å². The lowest BCUT2D eigenvalue weighted by molar-refractivity contribution is -0.924. The summed E-state index contributed by atoms with van der Waals surface area (Å²) in [7, 11) is -4.16. The molecule has 0 radical (unpaired) electrons. The second-order valence-electron chi connectivity index (χ2n) is 6.74. The van der Waals surface area contributed by atoms with Crippen LogP contribution in [0.3, 0.4) is 0 Å². The van der Waals surface area contributed by atoms with Crippen LogP contribution in [0.25, 0.3) is 0 Å². The minimum atomic E-state index is -4.16. The van der Waals surface area contributed by atoms with Gasteiger partial charge in [0.15, 0.2) is 0 Å². The topological polar surface area (TPSA) is 87.9 Å². The maximum Gasteiger partial charge on any atom is 0.333 e. The molecule has 0 aliphatic carbocycles. The van der Waals surface area contributed by atoms with Crippen LogP contribution in [-0.4, -0.2) is 50.4 Å². The Balaban J connectivity index is 4.39. The molecule has 0 aromatic rings. The Morgan fingerprint density at radius 2 is 1.88 bits per heavy atom. The van der Waals surface area contributed by atoms with Crippen molar-refractivity contribution in [2.75, 3.05) is 25.4 Å². The Labute approximate surface area is 147 Å². The van der Waals surface area contributed by atoms with Crippen molar-refractivity contribution in [2.45, 2.75) is 59.4 Å². The molecule has 0 fully saturated rings. The molecule has 3 atom stereocenters. The quantitative estimate of drug-likeness (QED) is 0.301. The van der Waals surface area contributed by atoms with Gasteiger partial charge in [-0.3, -0.25) is 0 Å². The van der Waals surface area contributed by atoms with E-state index in [4.69, 9.17) is 4.74 Å². The van der Waals surface area contributed by atoms with Gasteiger partial charge in [0, 0.05) is 24.2 Å². The highest BCUT2D eigenvalue weighted by atomic mass is 32.2. The zero-order valence-electron chi connectivity index (χ0n) is 15.5. The fourth-order valence-electron chi connectivity index (χ4n) is 2.40. The lowest BCUT2D eigenvalue weighted by Crippen LogP contribution is -3.15. The number of carbonyl (C=O) groups is 1. The number of unbranched alkanes of at least 4 members (excludes halogenated alkanes) is 1. The zero-order valence-corrected chi connectivity index (χ0v) is 16.3. The van der Waals surface area contributed by atoms with Gasteiger partial charge in [0.05, 0.1) is 35.9 Å². The third kappa shape index (κ3) is 11.6. The first-order valence-corrected chi connectivity index (χ1v) is 10.2. The van der Waals surface area contributed by atoms with E-state index in [1.165, 1.54) is 4.90 Å². The van der Waals surface area contributed by atoms with Crippen molar-refractivity contribution in [2.24, 2.45) is 5.92 Å². The molecule has 1 N–H and O–H groups in total. The molecular weight excluding hydrogens is 330 g/mol. The van der Waals surface area contributed by atoms with Gasteiger partial charge < -0.3 is 14.2 Å². The van der Waals surface area contributed by atoms with Gasteiger partial charge in [-0.25, -0.2) is 13.2 Å². The van der Waals surface area contributed by atoms with E-state index in [1.807, 2.05) is 13.8 Å². The highest BCUT2D eigenvalue weighted by molar-refractivity contribution is 7.85. The van der Waals surface area contributed by atoms with Gasteiger partial charge in [0.25, 0.3) is 0 Å². The van der Waals surface area contributed by atoms with E-state index in [0.717, 1.165) is 32.4 Å². The number of hydrogen-bond donors (Lipinski definition) is 1. The fraction of sp³-hybridized carbons (Fsp3) is 0.824. The normalized spacial score (nSPS) is 15.5. The van der Waals surface area contributed by atoms with Crippen molar-refractivity contribution >= 4 is 16.1 Å². The minimum absolute atomic E-state index is 0.116. The first-order chi connectivity index (χ1) is 11.1. The van der Waals surface area contributed by atoms with Gasteiger partial charge in [-0.2, -0.15) is 0 Å². The van der Waals surface area contributed by atoms with Gasteiger partial charge in [-0.05, 0) is 26.2 Å². The number of esters is 1. The average molecular weight is 364 g/mol. The Kier molecular flexibility index (Phi) is 11.2. The highest BCUT2D eigenvalue weighted by Crippen LogP contribution is 2.03. The summed E-state index contributed by atoms with van der Waals surface area (Å²) in [6.07, 6.45) is 3.38. The van der Waals surface area contributed by atoms with Crippen molar-refractivity contribution in [1.82, 2.24) is 0 Å². The number of quaternary nitrogens is 1. The Morgan fingerprint density at radius 1 is 1.25 bits per heavy atom. The van der Waals surface area contributed by atoms with Crippen LogP contribution in [0.5, 0.6) is 0 Å². The van der Waals surface area contributed by atoms with Crippen LogP contribution in [0.15, 0.2) is 12.2 Å². The van der Waals surface area contributed by atoms with Gasteiger partial charge in [0.1, 0.15) is 0 Å². The molecule has 0 rings (SSSR count). The Hall–Kier alpha value is -0.920. The average Bonchev–Trinajstić information content (AvgIpc) is 2.49. The van der Waals surface area contributed by atoms with Gasteiger partial charge in [0.2, 0.25) is 0 Å². The molecule has 0 heterocycles. The third-order valence-electron chi connectivity index (χ3n) is 4.15. The number of carbonyl (C=O) groups excluding carboxylic acids is 1. The first kappa shape index (κ1) is 23.1. The highest BCUT2D eigenvalue weighted by Gasteiger charge is 2.19. The third-order valence-corrected chi connectivity index (χ3v) is 4.89. The van der Waals surface area contributed by atoms with E-state index >= 15 is 0 Å². The summed E-state index contributed by atoms with van der Waals surface area (Å²) in [4.78, 5) is 12.7. The van der Waals surface area contributed by atoms with Crippen LogP contribution >= 0.6 is 0 Å². The van der Waals surface area contributed by atoms with Crippen LogP contribution < -0.4 is 4.90 Å². The monoisotopic (exact) mass is 363 g/mol. The summed E-state index contributed by atoms with van der Waals surface area (Å²) in [6.45, 7) is 13.5. The van der Waals surface area contributed by atoms with E-state index in [9.17, 15) is 17.8 Å². The van der Waals surface area contributed by atoms with Gasteiger partial charge in [-0.1, -0.05) is 26.8 Å². The standard InChI is InChI=1S/C17H33NO5S/c1-6-7-10-18(16(5)9-12-24(20,21)22)11-8-15(4)13-23-17(19)14(2)3/h15-16H,2,6-13H2,1,3-5H3,(H,20,21,22). The molecule has 24 heavy (non-hydrogen) atoms. The van der Waals surface area contributed by atoms with Crippen molar-refractivity contribution in [3.05, 3.63) is 12.2 Å². The van der Waals surface area contributed by atoms with Crippen LogP contribution in [0.1, 0.15) is 53.4 Å². The molecule has 7 heteroatoms. The van der Waals surface area contributed by atoms with E-state index < -0.39 is 10.1 Å². The van der Waals surface area contributed by atoms with E-state index in [2.05, 4.69) is 13.5 Å². The molecule has 3 unspecified atom stereocenters. The Bertz CT molecular complexity index is 489. The SMILES string of the molecule is C=C(C)C(=O)OCC(C)CC[NH+](CCCC)C(C)CCS(=O)(=O)[O-]. The van der Waals surface area contributed by atoms with Crippen molar-refractivity contribution in [3.8, 4) is 0 Å². The molecule has 0 aromatic heterocycles. The molecule has 0 aromatic carbocycles. The molecule has 0 saturated heterocycles. The van der Waals surface area contributed by atoms with Crippen LogP contribution in [0.2, 0.25) is 0 Å². The Morgan fingerprint density at radius 3 is 2.38 bits per heavy atom.